The summed E-state index contributed by atoms with van der Waals surface area (Å²) in [7, 11) is 2.15. The summed E-state index contributed by atoms with van der Waals surface area (Å²) >= 11 is 0. The van der Waals surface area contributed by atoms with Crippen LogP contribution in [-0.4, -0.2) is 28.0 Å². The number of hydrogen-bond donors (Lipinski definition) is 1. The van der Waals surface area contributed by atoms with Crippen molar-refractivity contribution in [3.63, 3.8) is 0 Å². The maximum Gasteiger partial charge on any atom is 0.223 e. The minimum atomic E-state index is 0.531. The van der Waals surface area contributed by atoms with Gasteiger partial charge in [-0.05, 0) is 51.9 Å². The summed E-state index contributed by atoms with van der Waals surface area (Å²) in [6, 6.07) is 11.1. The first-order chi connectivity index (χ1) is 10.5. The fourth-order valence-corrected chi connectivity index (χ4v) is 2.31. The van der Waals surface area contributed by atoms with Gasteiger partial charge in [0.1, 0.15) is 0 Å². The van der Waals surface area contributed by atoms with Crippen LogP contribution in [0.15, 0.2) is 30.3 Å². The summed E-state index contributed by atoms with van der Waals surface area (Å²) in [5, 5.41) is 3.34. The van der Waals surface area contributed by atoms with Gasteiger partial charge in [-0.15, -0.1) is 0 Å². The Morgan fingerprint density at radius 3 is 2.23 bits per heavy atom. The van der Waals surface area contributed by atoms with E-state index in [2.05, 4.69) is 65.3 Å². The number of hydrogen-bond acceptors (Lipinski definition) is 4. The van der Waals surface area contributed by atoms with Crippen LogP contribution in [0.2, 0.25) is 0 Å². The summed E-state index contributed by atoms with van der Waals surface area (Å²) in [5.74, 6) is 0.699. The second-order valence-corrected chi connectivity index (χ2v) is 6.11. The van der Waals surface area contributed by atoms with Gasteiger partial charge in [0.15, 0.2) is 0 Å². The number of benzene rings is 1. The molecule has 4 nitrogen and oxygen atoms in total. The van der Waals surface area contributed by atoms with Crippen LogP contribution >= 0.6 is 0 Å². The normalized spacial score (nSPS) is 11.2. The van der Waals surface area contributed by atoms with Crippen molar-refractivity contribution in [3.05, 3.63) is 52.8 Å². The van der Waals surface area contributed by atoms with E-state index in [4.69, 9.17) is 0 Å². The van der Waals surface area contributed by atoms with Crippen LogP contribution in [0.25, 0.3) is 0 Å². The van der Waals surface area contributed by atoms with Gasteiger partial charge in [-0.3, -0.25) is 4.90 Å². The lowest BCUT2D eigenvalue weighted by molar-refractivity contribution is 0.265. The molecule has 4 heteroatoms. The Balaban J connectivity index is 2.09. The summed E-state index contributed by atoms with van der Waals surface area (Å²) < 4.78 is 0. The second-order valence-electron chi connectivity index (χ2n) is 6.11. The highest BCUT2D eigenvalue weighted by atomic mass is 15.1. The molecular weight excluding hydrogens is 272 g/mol. The molecule has 2 rings (SSSR count). The highest BCUT2D eigenvalue weighted by molar-refractivity contribution is 5.33. The summed E-state index contributed by atoms with van der Waals surface area (Å²) in [4.78, 5) is 11.2. The number of anilines is 1. The lowest BCUT2D eigenvalue weighted by atomic mass is 10.1. The molecule has 0 spiro atoms. The van der Waals surface area contributed by atoms with E-state index < -0.39 is 0 Å². The zero-order valence-corrected chi connectivity index (χ0v) is 14.2. The van der Waals surface area contributed by atoms with Crippen LogP contribution < -0.4 is 5.32 Å². The molecule has 1 N–H and O–H groups in total. The third kappa shape index (κ3) is 4.53. The van der Waals surface area contributed by atoms with Crippen LogP contribution in [0.3, 0.4) is 0 Å². The topological polar surface area (TPSA) is 41.1 Å². The van der Waals surface area contributed by atoms with Crippen LogP contribution in [0.1, 0.15) is 36.4 Å². The Labute approximate surface area is 133 Å². The van der Waals surface area contributed by atoms with Crippen LogP contribution in [-0.2, 0) is 13.1 Å². The van der Waals surface area contributed by atoms with E-state index in [9.17, 15) is 0 Å². The number of rotatable bonds is 6. The van der Waals surface area contributed by atoms with Gasteiger partial charge in [0.25, 0.3) is 0 Å². The second kappa shape index (κ2) is 7.36. The van der Waals surface area contributed by atoms with Gasteiger partial charge in [0.05, 0.1) is 0 Å². The van der Waals surface area contributed by atoms with Gasteiger partial charge in [-0.1, -0.05) is 24.3 Å². The molecule has 0 fully saturated rings. The van der Waals surface area contributed by atoms with Crippen LogP contribution in [0, 0.1) is 13.8 Å². The molecule has 0 unspecified atom stereocenters. The summed E-state index contributed by atoms with van der Waals surface area (Å²) in [5.41, 5.74) is 4.61. The highest BCUT2D eigenvalue weighted by Gasteiger charge is 2.08. The first-order valence-electron chi connectivity index (χ1n) is 7.79. The molecule has 1 aromatic heterocycles. The molecule has 0 saturated carbocycles. The van der Waals surface area contributed by atoms with Crippen molar-refractivity contribution in [1.82, 2.24) is 14.9 Å². The largest absolute Gasteiger partial charge is 0.350 e. The third-order valence-corrected chi connectivity index (χ3v) is 3.84. The standard InChI is InChI=1S/C18H26N4/c1-13(2)22(5)12-17-9-7-6-8-16(17)11-19-18-20-14(3)10-15(4)21-18/h6-10,13H,11-12H2,1-5H3,(H,19,20,21). The fraction of sp³-hybridized carbons (Fsp3) is 0.444. The molecule has 1 heterocycles. The average Bonchev–Trinajstić information content (AvgIpc) is 2.45. The SMILES string of the molecule is Cc1cc(C)nc(NCc2ccccc2CN(C)C(C)C)n1. The predicted octanol–water partition coefficient (Wildman–Crippen LogP) is 3.55. The van der Waals surface area contributed by atoms with Crippen molar-refractivity contribution in [2.75, 3.05) is 12.4 Å². The molecule has 0 saturated heterocycles. The first-order valence-corrected chi connectivity index (χ1v) is 7.79. The van der Waals surface area contributed by atoms with Gasteiger partial charge >= 0.3 is 0 Å². The third-order valence-electron chi connectivity index (χ3n) is 3.84. The van der Waals surface area contributed by atoms with E-state index in [-0.39, 0.29) is 0 Å². The summed E-state index contributed by atoms with van der Waals surface area (Å²) in [6.45, 7) is 10.1. The van der Waals surface area contributed by atoms with Gasteiger partial charge in [0, 0.05) is 30.5 Å². The van der Waals surface area contributed by atoms with E-state index in [1.165, 1.54) is 11.1 Å². The first kappa shape index (κ1) is 16.4. The van der Waals surface area contributed by atoms with Crippen molar-refractivity contribution in [1.29, 1.82) is 0 Å². The number of nitrogens with one attached hydrogen (secondary N) is 1. The lowest BCUT2D eigenvalue weighted by Crippen LogP contribution is -2.26. The molecule has 118 valence electrons. The lowest BCUT2D eigenvalue weighted by Gasteiger charge is -2.22. The van der Waals surface area contributed by atoms with Crippen LogP contribution in [0.5, 0.6) is 0 Å². The van der Waals surface area contributed by atoms with E-state index in [1.54, 1.807) is 0 Å². The number of aromatic nitrogens is 2. The molecule has 0 bridgehead atoms. The zero-order valence-electron chi connectivity index (χ0n) is 14.2. The Kier molecular flexibility index (Phi) is 5.50. The Morgan fingerprint density at radius 2 is 1.64 bits per heavy atom. The average molecular weight is 298 g/mol. The van der Waals surface area contributed by atoms with E-state index in [0.29, 0.717) is 12.0 Å². The molecule has 0 aliphatic rings. The van der Waals surface area contributed by atoms with Crippen molar-refractivity contribution < 1.29 is 0 Å². The molecule has 0 atom stereocenters. The summed E-state index contributed by atoms with van der Waals surface area (Å²) in [6.07, 6.45) is 0. The van der Waals surface area contributed by atoms with Crippen molar-refractivity contribution >= 4 is 5.95 Å². The highest BCUT2D eigenvalue weighted by Crippen LogP contribution is 2.14. The van der Waals surface area contributed by atoms with Crippen molar-refractivity contribution in [2.45, 2.75) is 46.8 Å². The molecule has 0 amide bonds. The van der Waals surface area contributed by atoms with Crippen molar-refractivity contribution in [2.24, 2.45) is 0 Å². The molecule has 2 aromatic rings. The Bertz CT molecular complexity index is 602. The van der Waals surface area contributed by atoms with E-state index in [0.717, 1.165) is 24.5 Å². The molecular formula is C18H26N4. The van der Waals surface area contributed by atoms with Gasteiger partial charge in [0.2, 0.25) is 5.95 Å². The van der Waals surface area contributed by atoms with Gasteiger partial charge in [-0.2, -0.15) is 0 Å². The maximum atomic E-state index is 4.44. The smallest absolute Gasteiger partial charge is 0.223 e. The Morgan fingerprint density at radius 1 is 1.05 bits per heavy atom. The minimum absolute atomic E-state index is 0.531. The minimum Gasteiger partial charge on any atom is -0.350 e. The molecule has 0 radical (unpaired) electrons. The zero-order chi connectivity index (χ0) is 16.1. The fourth-order valence-electron chi connectivity index (χ4n) is 2.31. The monoisotopic (exact) mass is 298 g/mol. The molecule has 1 aromatic carbocycles. The number of aryl methyl sites for hydroxylation is 2. The quantitative estimate of drug-likeness (QED) is 0.885. The Hall–Kier alpha value is -1.94. The van der Waals surface area contributed by atoms with E-state index in [1.807, 2.05) is 19.9 Å². The number of nitrogens with zero attached hydrogens (tertiary/aromatic N) is 3. The van der Waals surface area contributed by atoms with E-state index >= 15 is 0 Å². The van der Waals surface area contributed by atoms with Gasteiger partial charge < -0.3 is 5.32 Å². The predicted molar refractivity (Wildman–Crippen MR) is 91.9 cm³/mol. The molecule has 0 aliphatic heterocycles. The van der Waals surface area contributed by atoms with Crippen LogP contribution in [0.4, 0.5) is 5.95 Å². The molecule has 0 aliphatic carbocycles. The van der Waals surface area contributed by atoms with Gasteiger partial charge in [-0.25, -0.2) is 9.97 Å². The van der Waals surface area contributed by atoms with Crippen molar-refractivity contribution in [3.8, 4) is 0 Å². The molecule has 22 heavy (non-hydrogen) atoms. The maximum absolute atomic E-state index is 4.44.